The number of nitrogens with two attached hydrogens (primary N) is 1. The number of anilines is 3. The van der Waals surface area contributed by atoms with Crippen LogP contribution in [-0.4, -0.2) is 38.5 Å². The van der Waals surface area contributed by atoms with Crippen molar-refractivity contribution in [1.82, 2.24) is 19.2 Å². The van der Waals surface area contributed by atoms with E-state index in [-0.39, 0.29) is 24.8 Å². The van der Waals surface area contributed by atoms with Crippen molar-refractivity contribution >= 4 is 29.4 Å². The van der Waals surface area contributed by atoms with Crippen LogP contribution in [0.25, 0.3) is 5.65 Å². The van der Waals surface area contributed by atoms with E-state index in [0.717, 1.165) is 5.56 Å². The number of unbranched alkanes of at least 4 members (excludes halogenated alkanes) is 1. The average Bonchev–Trinajstić information content (AvgIpc) is 3.14. The van der Waals surface area contributed by atoms with Crippen molar-refractivity contribution in [2.24, 2.45) is 5.73 Å². The van der Waals surface area contributed by atoms with Gasteiger partial charge in [0.1, 0.15) is 17.3 Å². The fourth-order valence-electron chi connectivity index (χ4n) is 3.17. The lowest BCUT2D eigenvalue weighted by Gasteiger charge is -2.36. The molecule has 0 atom stereocenters. The van der Waals surface area contributed by atoms with Crippen LogP contribution < -0.4 is 21.9 Å². The number of hydrogen-bond donors (Lipinski definition) is 3. The Hall–Kier alpha value is -3.50. The van der Waals surface area contributed by atoms with Crippen molar-refractivity contribution in [3.63, 3.8) is 0 Å². The summed E-state index contributed by atoms with van der Waals surface area (Å²) in [5.74, 6) is -1.50. The van der Waals surface area contributed by atoms with Crippen LogP contribution in [0.5, 0.6) is 0 Å². The standard InChI is InChI=1S/C17H18F2N6O.C4H10.CH3NO/c1-10-9-21-25-14(20-2)6-13(23-15(10)25)22-12-4-3-5-24(16(12)26)11-7-17(18,19)8-11;1-3-4-2;2-1-3/h3-6,9,11,20H,7-8H2,1-2H3,(H,22,23);3-4H2,1-2H3;1H,(H2,2,3). The van der Waals surface area contributed by atoms with Crippen molar-refractivity contribution < 1.29 is 13.6 Å². The first kappa shape index (κ1) is 25.8. The van der Waals surface area contributed by atoms with E-state index in [4.69, 9.17) is 4.79 Å². The van der Waals surface area contributed by atoms with E-state index in [9.17, 15) is 13.6 Å². The van der Waals surface area contributed by atoms with Gasteiger partial charge in [-0.25, -0.2) is 13.8 Å². The maximum absolute atomic E-state index is 13.1. The van der Waals surface area contributed by atoms with E-state index in [2.05, 4.69) is 40.3 Å². The Balaban J connectivity index is 0.000000489. The molecule has 0 saturated heterocycles. The highest BCUT2D eigenvalue weighted by Crippen LogP contribution is 2.44. The summed E-state index contributed by atoms with van der Waals surface area (Å²) in [4.78, 5) is 25.7. The van der Waals surface area contributed by atoms with Gasteiger partial charge in [0.25, 0.3) is 11.5 Å². The van der Waals surface area contributed by atoms with Gasteiger partial charge in [0.2, 0.25) is 6.41 Å². The zero-order valence-electron chi connectivity index (χ0n) is 19.3. The molecule has 0 spiro atoms. The van der Waals surface area contributed by atoms with Crippen LogP contribution in [-0.2, 0) is 4.79 Å². The molecule has 0 unspecified atom stereocenters. The molecule has 9 nitrogen and oxygen atoms in total. The van der Waals surface area contributed by atoms with Gasteiger partial charge in [0, 0.05) is 43.8 Å². The minimum atomic E-state index is -2.68. The Kier molecular flexibility index (Phi) is 8.89. The number of pyridine rings is 1. The molecule has 1 aliphatic carbocycles. The summed E-state index contributed by atoms with van der Waals surface area (Å²) in [6, 6.07) is 4.54. The SMILES string of the molecule is CCCC.CNc1cc(Nc2cccn(C3CC(F)(F)C3)c2=O)nc2c(C)cnn12.NC=O. The molecular formula is C22H31F2N7O2. The number of nitrogens with one attached hydrogen (secondary N) is 2. The van der Waals surface area contributed by atoms with Crippen LogP contribution >= 0.6 is 0 Å². The Morgan fingerprint density at radius 2 is 1.94 bits per heavy atom. The van der Waals surface area contributed by atoms with Crippen molar-refractivity contribution in [2.45, 2.75) is 58.4 Å². The van der Waals surface area contributed by atoms with Gasteiger partial charge < -0.3 is 20.9 Å². The summed E-state index contributed by atoms with van der Waals surface area (Å²) >= 11 is 0. The highest BCUT2D eigenvalue weighted by molar-refractivity contribution is 5.64. The molecular weight excluding hydrogens is 432 g/mol. The molecule has 3 aromatic rings. The minimum absolute atomic E-state index is 0.250. The summed E-state index contributed by atoms with van der Waals surface area (Å²) in [5, 5.41) is 10.3. The van der Waals surface area contributed by atoms with Crippen molar-refractivity contribution in [3.05, 3.63) is 46.5 Å². The fourth-order valence-corrected chi connectivity index (χ4v) is 3.17. The Bertz CT molecular complexity index is 1120. The molecule has 0 radical (unpaired) electrons. The summed E-state index contributed by atoms with van der Waals surface area (Å²) in [7, 11) is 1.77. The number of alkyl halides is 2. The smallest absolute Gasteiger partial charge is 0.274 e. The second kappa shape index (κ2) is 11.4. The van der Waals surface area contributed by atoms with E-state index in [1.807, 2.05) is 6.92 Å². The Morgan fingerprint density at radius 1 is 1.30 bits per heavy atom. The molecule has 1 saturated carbocycles. The minimum Gasteiger partial charge on any atom is -0.373 e. The number of carbonyl (C=O) groups excluding carboxylic acids is 1. The zero-order chi connectivity index (χ0) is 24.6. The van der Waals surface area contributed by atoms with E-state index in [1.165, 1.54) is 17.4 Å². The second-order valence-electron chi connectivity index (χ2n) is 7.65. The molecule has 4 N–H and O–H groups in total. The molecule has 4 rings (SSSR count). The molecule has 180 valence electrons. The number of halogens is 2. The quantitative estimate of drug-likeness (QED) is 0.494. The molecule has 1 fully saturated rings. The highest BCUT2D eigenvalue weighted by atomic mass is 19.3. The lowest BCUT2D eigenvalue weighted by Crippen LogP contribution is -2.41. The van der Waals surface area contributed by atoms with Crippen LogP contribution in [0.15, 0.2) is 35.4 Å². The molecule has 0 bridgehead atoms. The van der Waals surface area contributed by atoms with Gasteiger partial charge in [-0.15, -0.1) is 0 Å². The number of rotatable bonds is 5. The second-order valence-corrected chi connectivity index (χ2v) is 7.65. The number of primary amides is 1. The summed E-state index contributed by atoms with van der Waals surface area (Å²) in [6.45, 7) is 6.25. The van der Waals surface area contributed by atoms with E-state index >= 15 is 0 Å². The highest BCUT2D eigenvalue weighted by Gasteiger charge is 2.46. The van der Waals surface area contributed by atoms with Crippen molar-refractivity contribution in [2.75, 3.05) is 17.7 Å². The molecule has 3 aromatic heterocycles. The number of amides is 1. The van der Waals surface area contributed by atoms with Gasteiger partial charge in [-0.1, -0.05) is 26.7 Å². The maximum Gasteiger partial charge on any atom is 0.274 e. The third kappa shape index (κ3) is 6.27. The van der Waals surface area contributed by atoms with Crippen molar-refractivity contribution in [3.8, 4) is 0 Å². The lowest BCUT2D eigenvalue weighted by atomic mass is 9.88. The Labute approximate surface area is 191 Å². The topological polar surface area (TPSA) is 119 Å². The van der Waals surface area contributed by atoms with E-state index < -0.39 is 12.0 Å². The first-order chi connectivity index (χ1) is 15.7. The Morgan fingerprint density at radius 3 is 2.48 bits per heavy atom. The largest absolute Gasteiger partial charge is 0.373 e. The van der Waals surface area contributed by atoms with Gasteiger partial charge in [-0.3, -0.25) is 9.59 Å². The predicted octanol–water partition coefficient (Wildman–Crippen LogP) is 3.86. The predicted molar refractivity (Wildman–Crippen MR) is 125 cm³/mol. The van der Waals surface area contributed by atoms with Crippen LogP contribution in [0.3, 0.4) is 0 Å². The summed E-state index contributed by atoms with van der Waals surface area (Å²) < 4.78 is 29.3. The van der Waals surface area contributed by atoms with Crippen molar-refractivity contribution in [1.29, 1.82) is 0 Å². The normalized spacial score (nSPS) is 14.2. The number of hydrogen-bond acceptors (Lipinski definition) is 6. The van der Waals surface area contributed by atoms with E-state index in [0.29, 0.717) is 23.0 Å². The van der Waals surface area contributed by atoms with Gasteiger partial charge in [-0.2, -0.15) is 9.61 Å². The summed E-state index contributed by atoms with van der Waals surface area (Å²) in [5.41, 5.74) is 5.67. The molecule has 3 heterocycles. The molecule has 0 aromatic carbocycles. The van der Waals surface area contributed by atoms with Gasteiger partial charge in [0.05, 0.1) is 6.20 Å². The number of carbonyl (C=O) groups is 1. The van der Waals surface area contributed by atoms with Crippen LogP contribution in [0.2, 0.25) is 0 Å². The molecule has 1 aliphatic rings. The molecule has 0 aliphatic heterocycles. The molecule has 33 heavy (non-hydrogen) atoms. The third-order valence-electron chi connectivity index (χ3n) is 5.10. The number of aromatic nitrogens is 4. The van der Waals surface area contributed by atoms with E-state index in [1.54, 1.807) is 42.2 Å². The third-order valence-corrected chi connectivity index (χ3v) is 5.10. The van der Waals surface area contributed by atoms with Gasteiger partial charge in [0.15, 0.2) is 5.65 Å². The van der Waals surface area contributed by atoms with Crippen LogP contribution in [0, 0.1) is 6.92 Å². The average molecular weight is 464 g/mol. The number of aryl methyl sites for hydroxylation is 1. The molecule has 11 heteroatoms. The lowest BCUT2D eigenvalue weighted by molar-refractivity contribution is -0.107. The maximum atomic E-state index is 13.1. The summed E-state index contributed by atoms with van der Waals surface area (Å²) in [6.07, 6.45) is 5.53. The van der Waals surface area contributed by atoms with Gasteiger partial charge in [-0.05, 0) is 19.1 Å². The monoisotopic (exact) mass is 463 g/mol. The fraction of sp³-hybridized carbons (Fsp3) is 0.455. The van der Waals surface area contributed by atoms with Crippen LogP contribution in [0.1, 0.15) is 51.1 Å². The first-order valence-electron chi connectivity index (χ1n) is 10.8. The van der Waals surface area contributed by atoms with Gasteiger partial charge >= 0.3 is 0 Å². The first-order valence-corrected chi connectivity index (χ1v) is 10.8. The zero-order valence-corrected chi connectivity index (χ0v) is 19.3. The number of nitrogens with zero attached hydrogens (tertiary/aromatic N) is 4. The number of fused-ring (bicyclic) bond motifs is 1. The molecule has 1 amide bonds. The van der Waals surface area contributed by atoms with Crippen LogP contribution in [0.4, 0.5) is 26.1 Å².